The second-order valence-corrected chi connectivity index (χ2v) is 3.59. The van der Waals surface area contributed by atoms with Gasteiger partial charge in [-0.15, -0.1) is 0 Å². The van der Waals surface area contributed by atoms with Crippen molar-refractivity contribution in [3.63, 3.8) is 0 Å². The third kappa shape index (κ3) is 3.07. The number of hydrogen-bond donors (Lipinski definition) is 1. The van der Waals surface area contributed by atoms with E-state index >= 15 is 0 Å². The summed E-state index contributed by atoms with van der Waals surface area (Å²) in [6, 6.07) is 7.44. The maximum Gasteiger partial charge on any atom is 0.263 e. The van der Waals surface area contributed by atoms with Crippen molar-refractivity contribution in [1.82, 2.24) is 5.16 Å². The van der Waals surface area contributed by atoms with E-state index in [0.717, 1.165) is 0 Å². The number of nitrogens with one attached hydrogen (secondary N) is 1. The van der Waals surface area contributed by atoms with Gasteiger partial charge < -0.3 is 14.6 Å². The van der Waals surface area contributed by atoms with Gasteiger partial charge in [-0.25, -0.2) is 4.39 Å². The molecule has 1 heterocycles. The number of benzene rings is 1. The molecule has 5 nitrogen and oxygen atoms in total. The quantitative estimate of drug-likeness (QED) is 0.902. The van der Waals surface area contributed by atoms with Gasteiger partial charge in [0.25, 0.3) is 5.91 Å². The van der Waals surface area contributed by atoms with Gasteiger partial charge in [-0.05, 0) is 19.1 Å². The molecule has 0 radical (unpaired) electrons. The molecule has 0 bridgehead atoms. The Hall–Kier alpha value is -2.37. The van der Waals surface area contributed by atoms with Crippen molar-refractivity contribution >= 4 is 11.7 Å². The standard InChI is InChI=1S/C12H11FN2O3/c1-8-6-11(15-18-8)14-12(16)7-17-10-5-3-2-4-9(10)13/h2-6H,7H2,1H3,(H,14,15,16). The van der Waals surface area contributed by atoms with Crippen LogP contribution in [0.3, 0.4) is 0 Å². The average molecular weight is 250 g/mol. The predicted molar refractivity (Wildman–Crippen MR) is 61.8 cm³/mol. The Morgan fingerprint density at radius 2 is 2.28 bits per heavy atom. The van der Waals surface area contributed by atoms with Gasteiger partial charge in [-0.2, -0.15) is 0 Å². The Balaban J connectivity index is 1.87. The largest absolute Gasteiger partial charge is 0.481 e. The van der Waals surface area contributed by atoms with Crippen LogP contribution in [0.1, 0.15) is 5.76 Å². The third-order valence-electron chi connectivity index (χ3n) is 2.09. The molecule has 0 unspecified atom stereocenters. The van der Waals surface area contributed by atoms with Crippen LogP contribution >= 0.6 is 0 Å². The molecule has 0 spiro atoms. The number of halogens is 1. The Bertz CT molecular complexity index is 554. The zero-order valence-corrected chi connectivity index (χ0v) is 9.64. The molecule has 0 saturated carbocycles. The number of amides is 1. The monoisotopic (exact) mass is 250 g/mol. The van der Waals surface area contributed by atoms with Crippen molar-refractivity contribution in [2.24, 2.45) is 0 Å². The van der Waals surface area contributed by atoms with Crippen molar-refractivity contribution in [1.29, 1.82) is 0 Å². The Labute approximate surface area is 103 Å². The Morgan fingerprint density at radius 3 is 2.94 bits per heavy atom. The van der Waals surface area contributed by atoms with Crippen LogP contribution in [0, 0.1) is 12.7 Å². The van der Waals surface area contributed by atoms with Crippen molar-refractivity contribution in [3.05, 3.63) is 41.9 Å². The van der Waals surface area contributed by atoms with E-state index in [4.69, 9.17) is 9.26 Å². The van der Waals surface area contributed by atoms with Gasteiger partial charge in [0.05, 0.1) is 0 Å². The van der Waals surface area contributed by atoms with Crippen molar-refractivity contribution < 1.29 is 18.4 Å². The lowest BCUT2D eigenvalue weighted by atomic mass is 10.3. The highest BCUT2D eigenvalue weighted by molar-refractivity contribution is 5.90. The molecule has 2 aromatic rings. The summed E-state index contributed by atoms with van der Waals surface area (Å²) >= 11 is 0. The Kier molecular flexibility index (Phi) is 3.57. The number of carbonyl (C=O) groups excluding carboxylic acids is 1. The summed E-state index contributed by atoms with van der Waals surface area (Å²) in [7, 11) is 0. The summed E-state index contributed by atoms with van der Waals surface area (Å²) in [6.07, 6.45) is 0. The first kappa shape index (κ1) is 12.1. The summed E-state index contributed by atoms with van der Waals surface area (Å²) in [5.74, 6) is -0.0342. The topological polar surface area (TPSA) is 64.4 Å². The minimum Gasteiger partial charge on any atom is -0.481 e. The molecule has 6 heteroatoms. The smallest absolute Gasteiger partial charge is 0.263 e. The van der Waals surface area contributed by atoms with E-state index in [1.807, 2.05) is 0 Å². The predicted octanol–water partition coefficient (Wildman–Crippen LogP) is 2.14. The van der Waals surface area contributed by atoms with Gasteiger partial charge in [-0.3, -0.25) is 4.79 Å². The molecule has 1 aromatic carbocycles. The van der Waals surface area contributed by atoms with E-state index in [1.54, 1.807) is 25.1 Å². The average Bonchev–Trinajstić information content (AvgIpc) is 2.74. The molecule has 94 valence electrons. The number of ether oxygens (including phenoxy) is 1. The Morgan fingerprint density at radius 1 is 1.50 bits per heavy atom. The molecule has 0 aliphatic rings. The molecular weight excluding hydrogens is 239 g/mol. The van der Waals surface area contributed by atoms with Crippen LogP contribution < -0.4 is 10.1 Å². The fourth-order valence-electron chi connectivity index (χ4n) is 1.31. The molecule has 0 aliphatic carbocycles. The van der Waals surface area contributed by atoms with Crippen molar-refractivity contribution in [2.45, 2.75) is 6.92 Å². The van der Waals surface area contributed by atoms with E-state index in [2.05, 4.69) is 10.5 Å². The first-order valence-electron chi connectivity index (χ1n) is 5.25. The first-order valence-corrected chi connectivity index (χ1v) is 5.25. The van der Waals surface area contributed by atoms with Gasteiger partial charge in [0.2, 0.25) is 0 Å². The minimum absolute atomic E-state index is 0.0315. The fourth-order valence-corrected chi connectivity index (χ4v) is 1.31. The highest BCUT2D eigenvalue weighted by Gasteiger charge is 2.08. The molecule has 1 amide bonds. The second kappa shape index (κ2) is 5.31. The number of rotatable bonds is 4. The van der Waals surface area contributed by atoms with Crippen LogP contribution in [0.2, 0.25) is 0 Å². The number of para-hydroxylation sites is 1. The van der Waals surface area contributed by atoms with Crippen LogP contribution in [0.25, 0.3) is 0 Å². The molecule has 18 heavy (non-hydrogen) atoms. The number of aromatic nitrogens is 1. The fraction of sp³-hybridized carbons (Fsp3) is 0.167. The summed E-state index contributed by atoms with van der Waals surface area (Å²) in [6.45, 7) is 1.41. The summed E-state index contributed by atoms with van der Waals surface area (Å²) < 4.78 is 23.0. The first-order chi connectivity index (χ1) is 8.65. The summed E-state index contributed by atoms with van der Waals surface area (Å²) in [4.78, 5) is 11.5. The van der Waals surface area contributed by atoms with E-state index in [1.165, 1.54) is 12.1 Å². The third-order valence-corrected chi connectivity index (χ3v) is 2.09. The van der Waals surface area contributed by atoms with E-state index in [0.29, 0.717) is 11.6 Å². The number of anilines is 1. The number of nitrogens with zero attached hydrogens (tertiary/aromatic N) is 1. The molecule has 1 N–H and O–H groups in total. The molecule has 0 saturated heterocycles. The molecule has 0 aliphatic heterocycles. The molecule has 0 fully saturated rings. The summed E-state index contributed by atoms with van der Waals surface area (Å²) in [5, 5.41) is 6.05. The number of carbonyl (C=O) groups is 1. The van der Waals surface area contributed by atoms with Crippen LogP contribution in [0.4, 0.5) is 10.2 Å². The number of aryl methyl sites for hydroxylation is 1. The van der Waals surface area contributed by atoms with Crippen LogP contribution in [0.15, 0.2) is 34.9 Å². The van der Waals surface area contributed by atoms with Gasteiger partial charge >= 0.3 is 0 Å². The lowest BCUT2D eigenvalue weighted by Crippen LogP contribution is -2.20. The highest BCUT2D eigenvalue weighted by Crippen LogP contribution is 2.15. The number of hydrogen-bond acceptors (Lipinski definition) is 4. The molecule has 1 aromatic heterocycles. The van der Waals surface area contributed by atoms with Crippen LogP contribution in [-0.2, 0) is 4.79 Å². The second-order valence-electron chi connectivity index (χ2n) is 3.59. The minimum atomic E-state index is -0.511. The zero-order valence-electron chi connectivity index (χ0n) is 9.64. The van der Waals surface area contributed by atoms with Crippen molar-refractivity contribution in [3.8, 4) is 5.75 Å². The SMILES string of the molecule is Cc1cc(NC(=O)COc2ccccc2F)no1. The van der Waals surface area contributed by atoms with E-state index in [-0.39, 0.29) is 12.4 Å². The zero-order chi connectivity index (χ0) is 13.0. The molecular formula is C12H11FN2O3. The lowest BCUT2D eigenvalue weighted by Gasteiger charge is -2.06. The maximum atomic E-state index is 13.2. The van der Waals surface area contributed by atoms with Crippen LogP contribution in [-0.4, -0.2) is 17.7 Å². The highest BCUT2D eigenvalue weighted by atomic mass is 19.1. The normalized spacial score (nSPS) is 10.1. The lowest BCUT2D eigenvalue weighted by molar-refractivity contribution is -0.118. The van der Waals surface area contributed by atoms with Gasteiger partial charge in [0.1, 0.15) is 5.76 Å². The van der Waals surface area contributed by atoms with Crippen molar-refractivity contribution in [2.75, 3.05) is 11.9 Å². The van der Waals surface area contributed by atoms with E-state index < -0.39 is 11.7 Å². The molecule has 2 rings (SSSR count). The summed E-state index contributed by atoms with van der Waals surface area (Å²) in [5.41, 5.74) is 0. The maximum absolute atomic E-state index is 13.2. The van der Waals surface area contributed by atoms with Crippen LogP contribution in [0.5, 0.6) is 5.75 Å². The van der Waals surface area contributed by atoms with Gasteiger partial charge in [0.15, 0.2) is 24.0 Å². The van der Waals surface area contributed by atoms with Gasteiger partial charge in [0, 0.05) is 6.07 Å². The van der Waals surface area contributed by atoms with E-state index in [9.17, 15) is 9.18 Å². The molecule has 0 atom stereocenters. The van der Waals surface area contributed by atoms with Gasteiger partial charge in [-0.1, -0.05) is 17.3 Å².